The second kappa shape index (κ2) is 5.22. The van der Waals surface area contributed by atoms with Crippen molar-refractivity contribution < 1.29 is 9.47 Å². The van der Waals surface area contributed by atoms with Crippen LogP contribution in [-0.2, 0) is 0 Å². The van der Waals surface area contributed by atoms with Crippen LogP contribution in [0, 0.1) is 0 Å². The van der Waals surface area contributed by atoms with Gasteiger partial charge in [0.05, 0.1) is 35.0 Å². The molecule has 3 aromatic heterocycles. The lowest BCUT2D eigenvalue weighted by molar-refractivity contribution is 0.353. The average Bonchev–Trinajstić information content (AvgIpc) is 2.92. The van der Waals surface area contributed by atoms with Crippen LogP contribution in [0.25, 0.3) is 20.7 Å². The van der Waals surface area contributed by atoms with Crippen molar-refractivity contribution in [1.29, 1.82) is 0 Å². The fourth-order valence-electron chi connectivity index (χ4n) is 1.81. The lowest BCUT2D eigenvalue weighted by Crippen LogP contribution is -1.96. The minimum Gasteiger partial charge on any atom is -0.480 e. The van der Waals surface area contributed by atoms with Crippen molar-refractivity contribution in [1.82, 2.24) is 15.0 Å². The van der Waals surface area contributed by atoms with E-state index in [-0.39, 0.29) is 6.01 Å². The van der Waals surface area contributed by atoms with Gasteiger partial charge in [-0.15, -0.1) is 11.3 Å². The van der Waals surface area contributed by atoms with E-state index in [9.17, 15) is 0 Å². The minimum absolute atomic E-state index is 0.267. The van der Waals surface area contributed by atoms with Gasteiger partial charge >= 0.3 is 6.01 Å². The van der Waals surface area contributed by atoms with Gasteiger partial charge in [0.25, 0.3) is 0 Å². The maximum atomic E-state index is 6.17. The quantitative estimate of drug-likeness (QED) is 0.742. The first-order valence-corrected chi connectivity index (χ1v) is 6.92. The molecule has 0 radical (unpaired) electrons. The highest BCUT2D eigenvalue weighted by Gasteiger charge is 2.14. The van der Waals surface area contributed by atoms with E-state index in [1.807, 2.05) is 6.07 Å². The number of halogens is 1. The van der Waals surface area contributed by atoms with Gasteiger partial charge < -0.3 is 9.47 Å². The van der Waals surface area contributed by atoms with Gasteiger partial charge in [0, 0.05) is 17.3 Å². The van der Waals surface area contributed by atoms with Crippen LogP contribution in [0.4, 0.5) is 0 Å². The molecule has 20 heavy (non-hydrogen) atoms. The van der Waals surface area contributed by atoms with Crippen molar-refractivity contribution in [3.8, 4) is 22.3 Å². The average molecular weight is 308 g/mol. The van der Waals surface area contributed by atoms with E-state index < -0.39 is 0 Å². The molecule has 0 fully saturated rings. The molecule has 0 aliphatic rings. The van der Waals surface area contributed by atoms with Gasteiger partial charge in [0.1, 0.15) is 0 Å². The summed E-state index contributed by atoms with van der Waals surface area (Å²) in [6.07, 6.45) is 3.35. The Morgan fingerprint density at radius 1 is 1.20 bits per heavy atom. The summed E-state index contributed by atoms with van der Waals surface area (Å²) in [4.78, 5) is 13.5. The number of thiophene rings is 1. The Morgan fingerprint density at radius 3 is 2.75 bits per heavy atom. The second-order valence-corrected chi connectivity index (χ2v) is 5.36. The molecule has 5 nitrogen and oxygen atoms in total. The van der Waals surface area contributed by atoms with E-state index in [2.05, 4.69) is 15.0 Å². The molecule has 3 rings (SSSR count). The fraction of sp³-hybridized carbons (Fsp3) is 0.154. The van der Waals surface area contributed by atoms with Crippen LogP contribution >= 0.6 is 22.9 Å². The Balaban J connectivity index is 2.17. The van der Waals surface area contributed by atoms with Crippen molar-refractivity contribution in [2.75, 3.05) is 14.2 Å². The standard InChI is InChI=1S/C13H10ClN3O2S/c1-18-12-7(6-16-13(17-12)19-2)10-5-9-11(20-10)8(14)3-4-15-9/h3-6H,1-2H3. The van der Waals surface area contributed by atoms with E-state index in [1.165, 1.54) is 18.4 Å². The van der Waals surface area contributed by atoms with Crippen molar-refractivity contribution in [2.45, 2.75) is 0 Å². The summed E-state index contributed by atoms with van der Waals surface area (Å²) < 4.78 is 11.2. The van der Waals surface area contributed by atoms with E-state index in [4.69, 9.17) is 21.1 Å². The highest BCUT2D eigenvalue weighted by atomic mass is 35.5. The summed E-state index contributed by atoms with van der Waals surface area (Å²) in [7, 11) is 3.07. The monoisotopic (exact) mass is 307 g/mol. The zero-order chi connectivity index (χ0) is 14.1. The van der Waals surface area contributed by atoms with Crippen LogP contribution in [0.2, 0.25) is 5.02 Å². The number of ether oxygens (including phenoxy) is 2. The molecule has 102 valence electrons. The van der Waals surface area contributed by atoms with Gasteiger partial charge in [-0.3, -0.25) is 4.98 Å². The number of pyridine rings is 1. The highest BCUT2D eigenvalue weighted by Crippen LogP contribution is 2.39. The molecule has 0 aliphatic carbocycles. The molecule has 0 saturated carbocycles. The first-order chi connectivity index (χ1) is 9.72. The Labute approximate surface area is 124 Å². The number of hydrogen-bond donors (Lipinski definition) is 0. The zero-order valence-corrected chi connectivity index (χ0v) is 12.3. The van der Waals surface area contributed by atoms with Crippen LogP contribution in [0.1, 0.15) is 0 Å². The van der Waals surface area contributed by atoms with Gasteiger partial charge in [-0.1, -0.05) is 11.6 Å². The first kappa shape index (κ1) is 13.1. The van der Waals surface area contributed by atoms with Crippen molar-refractivity contribution in [3.63, 3.8) is 0 Å². The Kier molecular flexibility index (Phi) is 3.42. The molecule has 3 heterocycles. The molecule has 0 amide bonds. The maximum Gasteiger partial charge on any atom is 0.319 e. The molecule has 0 aliphatic heterocycles. The van der Waals surface area contributed by atoms with Crippen molar-refractivity contribution in [3.05, 3.63) is 29.5 Å². The van der Waals surface area contributed by atoms with Crippen molar-refractivity contribution in [2.24, 2.45) is 0 Å². The summed E-state index contributed by atoms with van der Waals surface area (Å²) in [5.41, 5.74) is 1.63. The van der Waals surface area contributed by atoms with E-state index in [0.717, 1.165) is 20.7 Å². The van der Waals surface area contributed by atoms with Gasteiger partial charge in [0.15, 0.2) is 0 Å². The summed E-state index contributed by atoms with van der Waals surface area (Å²) in [6.45, 7) is 0. The molecular formula is C13H10ClN3O2S. The number of fused-ring (bicyclic) bond motifs is 1. The fourth-order valence-corrected chi connectivity index (χ4v) is 3.10. The van der Waals surface area contributed by atoms with Gasteiger partial charge in [0.2, 0.25) is 5.88 Å². The maximum absolute atomic E-state index is 6.17. The molecule has 0 aromatic carbocycles. The van der Waals surface area contributed by atoms with Gasteiger partial charge in [-0.05, 0) is 12.1 Å². The SMILES string of the molecule is COc1ncc(-c2cc3nccc(Cl)c3s2)c(OC)n1. The third kappa shape index (κ3) is 2.17. The molecule has 7 heteroatoms. The summed E-state index contributed by atoms with van der Waals surface area (Å²) in [5, 5.41) is 0.680. The molecular weight excluding hydrogens is 298 g/mol. The Hall–Kier alpha value is -1.92. The number of aromatic nitrogens is 3. The highest BCUT2D eigenvalue weighted by molar-refractivity contribution is 7.22. The van der Waals surface area contributed by atoms with Crippen LogP contribution in [-0.4, -0.2) is 29.2 Å². The molecule has 0 unspecified atom stereocenters. The van der Waals surface area contributed by atoms with Crippen LogP contribution in [0.15, 0.2) is 24.5 Å². The normalized spacial score (nSPS) is 10.8. The largest absolute Gasteiger partial charge is 0.480 e. The number of rotatable bonds is 3. The lowest BCUT2D eigenvalue weighted by atomic mass is 10.2. The van der Waals surface area contributed by atoms with Crippen LogP contribution < -0.4 is 9.47 Å². The second-order valence-electron chi connectivity index (χ2n) is 3.90. The Bertz CT molecular complexity index is 775. The predicted octanol–water partition coefficient (Wildman–Crippen LogP) is 3.42. The number of hydrogen-bond acceptors (Lipinski definition) is 6. The minimum atomic E-state index is 0.267. The predicted molar refractivity (Wildman–Crippen MR) is 78.8 cm³/mol. The molecule has 0 saturated heterocycles. The van der Waals surface area contributed by atoms with Gasteiger partial charge in [-0.25, -0.2) is 4.98 Å². The summed E-state index contributed by atoms with van der Waals surface area (Å²) in [5.74, 6) is 0.458. The Morgan fingerprint density at radius 2 is 2.05 bits per heavy atom. The van der Waals surface area contributed by atoms with E-state index in [0.29, 0.717) is 10.9 Å². The summed E-state index contributed by atoms with van der Waals surface area (Å²) in [6, 6.07) is 3.98. The summed E-state index contributed by atoms with van der Waals surface area (Å²) >= 11 is 7.69. The molecule has 0 N–H and O–H groups in total. The lowest BCUT2D eigenvalue weighted by Gasteiger charge is -2.06. The van der Waals surface area contributed by atoms with E-state index >= 15 is 0 Å². The van der Waals surface area contributed by atoms with Crippen LogP contribution in [0.3, 0.4) is 0 Å². The van der Waals surface area contributed by atoms with E-state index in [1.54, 1.807) is 25.6 Å². The van der Waals surface area contributed by atoms with Gasteiger partial charge in [-0.2, -0.15) is 4.98 Å². The number of nitrogens with zero attached hydrogens (tertiary/aromatic N) is 3. The third-order valence-corrected chi connectivity index (χ3v) is 4.35. The zero-order valence-electron chi connectivity index (χ0n) is 10.8. The van der Waals surface area contributed by atoms with Crippen molar-refractivity contribution >= 4 is 33.2 Å². The first-order valence-electron chi connectivity index (χ1n) is 5.72. The number of methoxy groups -OCH3 is 2. The molecule has 0 bridgehead atoms. The smallest absolute Gasteiger partial charge is 0.319 e. The van der Waals surface area contributed by atoms with Crippen LogP contribution in [0.5, 0.6) is 11.9 Å². The molecule has 0 atom stereocenters. The molecule has 3 aromatic rings. The molecule has 0 spiro atoms. The topological polar surface area (TPSA) is 57.1 Å². The third-order valence-electron chi connectivity index (χ3n) is 2.74.